The molecular formula is C13H8ClFN2O. The fourth-order valence-electron chi connectivity index (χ4n) is 2.10. The quantitative estimate of drug-likeness (QED) is 0.793. The highest BCUT2D eigenvalue weighted by atomic mass is 35.5. The zero-order chi connectivity index (χ0) is 12.9. The second-order valence-electron chi connectivity index (χ2n) is 4.38. The van der Waals surface area contributed by atoms with E-state index in [0.29, 0.717) is 0 Å². The zero-order valence-corrected chi connectivity index (χ0v) is 10.0. The highest BCUT2D eigenvalue weighted by molar-refractivity contribution is 6.31. The number of rotatable bonds is 1. The number of aromatic nitrogens is 1. The highest BCUT2D eigenvalue weighted by Gasteiger charge is 2.27. The van der Waals surface area contributed by atoms with Crippen molar-refractivity contribution in [2.45, 2.75) is 18.9 Å². The maximum absolute atomic E-state index is 14.1. The van der Waals surface area contributed by atoms with Gasteiger partial charge in [0.15, 0.2) is 5.82 Å². The summed E-state index contributed by atoms with van der Waals surface area (Å²) in [6, 6.07) is 4.84. The average Bonchev–Trinajstić information content (AvgIpc) is 3.18. The van der Waals surface area contributed by atoms with Crippen LogP contribution in [0.1, 0.15) is 24.4 Å². The molecule has 3 rings (SSSR count). The number of pyridine rings is 1. The van der Waals surface area contributed by atoms with Gasteiger partial charge < -0.3 is 4.57 Å². The Kier molecular flexibility index (Phi) is 2.39. The van der Waals surface area contributed by atoms with Gasteiger partial charge in [-0.3, -0.25) is 4.79 Å². The van der Waals surface area contributed by atoms with Crippen LogP contribution in [0.25, 0.3) is 10.9 Å². The lowest BCUT2D eigenvalue weighted by Gasteiger charge is -2.11. The lowest BCUT2D eigenvalue weighted by molar-refractivity contribution is 0.622. The van der Waals surface area contributed by atoms with Crippen LogP contribution in [0.5, 0.6) is 0 Å². The van der Waals surface area contributed by atoms with Crippen molar-refractivity contribution in [2.75, 3.05) is 0 Å². The van der Waals surface area contributed by atoms with Crippen LogP contribution in [0, 0.1) is 17.1 Å². The summed E-state index contributed by atoms with van der Waals surface area (Å²) in [7, 11) is 0. The predicted molar refractivity (Wildman–Crippen MR) is 66.2 cm³/mol. The second-order valence-corrected chi connectivity index (χ2v) is 4.79. The molecule has 90 valence electrons. The molecule has 1 aromatic heterocycles. The maximum atomic E-state index is 14.1. The van der Waals surface area contributed by atoms with Gasteiger partial charge in [-0.1, -0.05) is 11.6 Å². The number of halogens is 2. The van der Waals surface area contributed by atoms with E-state index in [1.54, 1.807) is 4.57 Å². The van der Waals surface area contributed by atoms with Gasteiger partial charge in [-0.05, 0) is 25.0 Å². The van der Waals surface area contributed by atoms with Crippen LogP contribution >= 0.6 is 11.6 Å². The Balaban J connectivity index is 2.52. The standard InChI is InChI=1S/C13H8ClFN2O/c14-10-4-3-9-12(11(10)15)17(8-1-2-8)6-7(5-16)13(9)18/h3-4,6,8H,1-2H2. The van der Waals surface area contributed by atoms with Crippen molar-refractivity contribution in [1.82, 2.24) is 4.57 Å². The third kappa shape index (κ3) is 1.52. The van der Waals surface area contributed by atoms with Gasteiger partial charge >= 0.3 is 0 Å². The first kappa shape index (κ1) is 11.2. The van der Waals surface area contributed by atoms with Crippen LogP contribution < -0.4 is 5.43 Å². The van der Waals surface area contributed by atoms with Crippen LogP contribution in [0.2, 0.25) is 5.02 Å². The third-order valence-corrected chi connectivity index (χ3v) is 3.44. The summed E-state index contributed by atoms with van der Waals surface area (Å²) < 4.78 is 15.8. The van der Waals surface area contributed by atoms with E-state index >= 15 is 0 Å². The first-order valence-corrected chi connectivity index (χ1v) is 5.94. The summed E-state index contributed by atoms with van der Waals surface area (Å²) >= 11 is 5.76. The highest BCUT2D eigenvalue weighted by Crippen LogP contribution is 2.38. The van der Waals surface area contributed by atoms with Crippen LogP contribution in [0.15, 0.2) is 23.1 Å². The lowest BCUT2D eigenvalue weighted by Crippen LogP contribution is -2.13. The summed E-state index contributed by atoms with van der Waals surface area (Å²) in [5.74, 6) is -0.595. The smallest absolute Gasteiger partial charge is 0.207 e. The molecule has 0 spiro atoms. The summed E-state index contributed by atoms with van der Waals surface area (Å²) in [5.41, 5.74) is -0.204. The molecule has 1 saturated carbocycles. The third-order valence-electron chi connectivity index (χ3n) is 3.15. The van der Waals surface area contributed by atoms with E-state index in [9.17, 15) is 9.18 Å². The Morgan fingerprint density at radius 3 is 2.78 bits per heavy atom. The van der Waals surface area contributed by atoms with Gasteiger partial charge in [-0.15, -0.1) is 0 Å². The van der Waals surface area contributed by atoms with Gasteiger partial charge in [0, 0.05) is 12.2 Å². The molecule has 0 radical (unpaired) electrons. The molecule has 1 aromatic carbocycles. The Labute approximate surface area is 107 Å². The van der Waals surface area contributed by atoms with Gasteiger partial charge in [0.05, 0.1) is 15.9 Å². The maximum Gasteiger partial charge on any atom is 0.207 e. The second kappa shape index (κ2) is 3.82. The molecule has 0 N–H and O–H groups in total. The summed E-state index contributed by atoms with van der Waals surface area (Å²) in [6.07, 6.45) is 3.28. The number of hydrogen-bond acceptors (Lipinski definition) is 2. The fraction of sp³-hybridized carbons (Fsp3) is 0.231. The van der Waals surface area contributed by atoms with Crippen molar-refractivity contribution in [3.05, 3.63) is 45.0 Å². The van der Waals surface area contributed by atoms with Crippen molar-refractivity contribution in [3.8, 4) is 6.07 Å². The van der Waals surface area contributed by atoms with Gasteiger partial charge in [-0.25, -0.2) is 4.39 Å². The van der Waals surface area contributed by atoms with Crippen molar-refractivity contribution in [1.29, 1.82) is 5.26 Å². The molecule has 1 heterocycles. The van der Waals surface area contributed by atoms with Crippen molar-refractivity contribution >= 4 is 22.5 Å². The minimum Gasteiger partial charge on any atom is -0.340 e. The van der Waals surface area contributed by atoms with E-state index < -0.39 is 11.2 Å². The van der Waals surface area contributed by atoms with E-state index in [2.05, 4.69) is 0 Å². The number of nitriles is 1. The fourth-order valence-corrected chi connectivity index (χ4v) is 2.26. The molecule has 2 aromatic rings. The molecule has 3 nitrogen and oxygen atoms in total. The molecular weight excluding hydrogens is 255 g/mol. The molecule has 0 bridgehead atoms. The summed E-state index contributed by atoms with van der Waals surface area (Å²) in [4.78, 5) is 12.0. The molecule has 0 amide bonds. The van der Waals surface area contributed by atoms with Crippen molar-refractivity contribution in [3.63, 3.8) is 0 Å². The predicted octanol–water partition coefficient (Wildman–Crippen LogP) is 3.00. The summed E-state index contributed by atoms with van der Waals surface area (Å²) in [6.45, 7) is 0. The SMILES string of the molecule is N#Cc1cn(C2CC2)c2c(F)c(Cl)ccc2c1=O. The molecule has 5 heteroatoms. The molecule has 18 heavy (non-hydrogen) atoms. The van der Waals surface area contributed by atoms with Crippen molar-refractivity contribution in [2.24, 2.45) is 0 Å². The number of hydrogen-bond donors (Lipinski definition) is 0. The van der Waals surface area contributed by atoms with E-state index in [-0.39, 0.29) is 27.5 Å². The van der Waals surface area contributed by atoms with Crippen LogP contribution in [0.3, 0.4) is 0 Å². The normalized spacial score (nSPS) is 14.7. The largest absolute Gasteiger partial charge is 0.340 e. The first-order chi connectivity index (χ1) is 8.63. The minimum absolute atomic E-state index is 0.0130. The molecule has 1 fully saturated rings. The molecule has 0 atom stereocenters. The molecule has 1 aliphatic carbocycles. The van der Waals surface area contributed by atoms with E-state index in [0.717, 1.165) is 12.8 Å². The van der Waals surface area contributed by atoms with Crippen LogP contribution in [0.4, 0.5) is 4.39 Å². The van der Waals surface area contributed by atoms with Gasteiger partial charge in [0.2, 0.25) is 5.43 Å². The molecule has 0 aliphatic heterocycles. The average molecular weight is 263 g/mol. The lowest BCUT2D eigenvalue weighted by atomic mass is 10.1. The zero-order valence-electron chi connectivity index (χ0n) is 9.28. The minimum atomic E-state index is -0.595. The van der Waals surface area contributed by atoms with E-state index in [1.165, 1.54) is 18.3 Å². The number of nitrogens with zero attached hydrogens (tertiary/aromatic N) is 2. The van der Waals surface area contributed by atoms with Gasteiger partial charge in [0.25, 0.3) is 0 Å². The van der Waals surface area contributed by atoms with Crippen LogP contribution in [-0.4, -0.2) is 4.57 Å². The van der Waals surface area contributed by atoms with E-state index in [4.69, 9.17) is 16.9 Å². The Hall–Kier alpha value is -1.86. The monoisotopic (exact) mass is 262 g/mol. The molecule has 0 unspecified atom stereocenters. The van der Waals surface area contributed by atoms with Gasteiger partial charge in [0.1, 0.15) is 11.6 Å². The Morgan fingerprint density at radius 1 is 1.44 bits per heavy atom. The Morgan fingerprint density at radius 2 is 2.17 bits per heavy atom. The van der Waals surface area contributed by atoms with E-state index in [1.807, 2.05) is 6.07 Å². The Bertz CT molecular complexity index is 756. The first-order valence-electron chi connectivity index (χ1n) is 5.56. The number of benzene rings is 1. The van der Waals surface area contributed by atoms with Gasteiger partial charge in [-0.2, -0.15) is 5.26 Å². The molecule has 1 aliphatic rings. The summed E-state index contributed by atoms with van der Waals surface area (Å²) in [5, 5.41) is 9.14. The van der Waals surface area contributed by atoms with Crippen LogP contribution in [-0.2, 0) is 0 Å². The van der Waals surface area contributed by atoms with Crippen molar-refractivity contribution < 1.29 is 4.39 Å². The topological polar surface area (TPSA) is 45.8 Å². The molecule has 0 saturated heterocycles. The number of fused-ring (bicyclic) bond motifs is 1.